The number of hydrogen-bond donors (Lipinski definition) is 0. The summed E-state index contributed by atoms with van der Waals surface area (Å²) in [5.74, 6) is 0. The van der Waals surface area contributed by atoms with Crippen LogP contribution in [0.4, 0.5) is 11.4 Å². The van der Waals surface area contributed by atoms with Gasteiger partial charge >= 0.3 is 0 Å². The molecular weight excluding hydrogens is 452 g/mol. The van der Waals surface area contributed by atoms with E-state index >= 15 is 0 Å². The highest BCUT2D eigenvalue weighted by molar-refractivity contribution is 6.14. The molecule has 7 rings (SSSR count). The van der Waals surface area contributed by atoms with Gasteiger partial charge in [0.2, 0.25) is 0 Å². The van der Waals surface area contributed by atoms with E-state index in [1.54, 1.807) is 0 Å². The van der Waals surface area contributed by atoms with E-state index < -0.39 is 0 Å². The summed E-state index contributed by atoms with van der Waals surface area (Å²) in [5.41, 5.74) is 10.9. The molecule has 3 heterocycles. The van der Waals surface area contributed by atoms with Crippen LogP contribution < -0.4 is 4.90 Å². The Hall–Kier alpha value is -4.36. The minimum Gasteiger partial charge on any atom is -0.314 e. The number of nitriles is 1. The number of fused-ring (bicyclic) bond motifs is 4. The predicted molar refractivity (Wildman–Crippen MR) is 153 cm³/mol. The second-order valence-electron chi connectivity index (χ2n) is 10.6. The fraction of sp³-hybridized carbons (Fsp3) is 0.212. The monoisotopic (exact) mass is 480 g/mol. The van der Waals surface area contributed by atoms with Gasteiger partial charge in [-0.25, -0.2) is 0 Å². The normalized spacial score (nSPS) is 17.6. The molecule has 0 saturated carbocycles. The quantitative estimate of drug-likeness (QED) is 0.298. The van der Waals surface area contributed by atoms with E-state index in [1.165, 1.54) is 44.3 Å². The molecule has 37 heavy (non-hydrogen) atoms. The Bertz CT molecular complexity index is 1750. The SMILES string of the molecule is CC1(C)C2=C(C=CCC2)n2c3ccc(N(C4=CC=NCC4)c4ccc(C#N)cc4)cc3c3cccc1c32. The summed E-state index contributed by atoms with van der Waals surface area (Å²) >= 11 is 0. The lowest BCUT2D eigenvalue weighted by Crippen LogP contribution is -2.28. The van der Waals surface area contributed by atoms with Gasteiger partial charge in [0.25, 0.3) is 0 Å². The first-order valence-corrected chi connectivity index (χ1v) is 13.1. The standard InChI is InChI=1S/C33H28N4/c1-33(2)28-7-3-4-9-31(28)37-30-15-14-25(20-27(30)26-6-5-8-29(33)32(26)37)36(24-16-18-35-19-17-24)23-12-10-22(21-34)11-13-23/h4-6,8-16,18,20H,3,7,17,19H2,1-2H3. The van der Waals surface area contributed by atoms with Crippen LogP contribution in [0, 0.1) is 11.3 Å². The number of aliphatic imine (C=N–C) groups is 1. The van der Waals surface area contributed by atoms with Crippen molar-refractivity contribution in [1.29, 1.82) is 5.26 Å². The second-order valence-corrected chi connectivity index (χ2v) is 10.6. The minimum atomic E-state index is 0.00752. The average molecular weight is 481 g/mol. The summed E-state index contributed by atoms with van der Waals surface area (Å²) in [6, 6.07) is 23.8. The fourth-order valence-electron chi connectivity index (χ4n) is 6.43. The van der Waals surface area contributed by atoms with Crippen LogP contribution in [0.15, 0.2) is 95.2 Å². The van der Waals surface area contributed by atoms with E-state index in [2.05, 4.69) is 89.0 Å². The average Bonchev–Trinajstić information content (AvgIpc) is 3.27. The molecule has 4 nitrogen and oxygen atoms in total. The van der Waals surface area contributed by atoms with Gasteiger partial charge in [-0.1, -0.05) is 38.1 Å². The molecule has 0 unspecified atom stereocenters. The largest absolute Gasteiger partial charge is 0.314 e. The molecule has 3 aliphatic rings. The maximum Gasteiger partial charge on any atom is 0.0991 e. The van der Waals surface area contributed by atoms with Crippen LogP contribution in [0.5, 0.6) is 0 Å². The van der Waals surface area contributed by atoms with Gasteiger partial charge in [-0.2, -0.15) is 5.26 Å². The van der Waals surface area contributed by atoms with E-state index in [9.17, 15) is 5.26 Å². The van der Waals surface area contributed by atoms with Crippen molar-refractivity contribution >= 4 is 45.1 Å². The first-order valence-electron chi connectivity index (χ1n) is 13.1. The Balaban J connectivity index is 1.49. The summed E-state index contributed by atoms with van der Waals surface area (Å²) in [4.78, 5) is 6.73. The molecule has 0 fully saturated rings. The first kappa shape index (κ1) is 21.9. The molecule has 3 aromatic carbocycles. The number of nitrogens with zero attached hydrogens (tertiary/aromatic N) is 4. The number of benzene rings is 3. The lowest BCUT2D eigenvalue weighted by molar-refractivity contribution is 0.585. The van der Waals surface area contributed by atoms with Gasteiger partial charge in [0.05, 0.1) is 22.7 Å². The third-order valence-corrected chi connectivity index (χ3v) is 8.25. The highest BCUT2D eigenvalue weighted by Gasteiger charge is 2.36. The molecule has 0 spiro atoms. The zero-order valence-electron chi connectivity index (χ0n) is 21.2. The number of anilines is 2. The Morgan fingerprint density at radius 1 is 0.973 bits per heavy atom. The molecule has 0 atom stereocenters. The summed E-state index contributed by atoms with van der Waals surface area (Å²) in [7, 11) is 0. The van der Waals surface area contributed by atoms with Crippen molar-refractivity contribution in [2.75, 3.05) is 11.4 Å². The van der Waals surface area contributed by atoms with Crippen LogP contribution in [-0.2, 0) is 5.41 Å². The number of hydrogen-bond acceptors (Lipinski definition) is 3. The van der Waals surface area contributed by atoms with Gasteiger partial charge in [-0.15, -0.1) is 0 Å². The summed E-state index contributed by atoms with van der Waals surface area (Å²) in [6.07, 6.45) is 11.7. The van der Waals surface area contributed by atoms with E-state index in [-0.39, 0.29) is 5.41 Å². The van der Waals surface area contributed by atoms with Gasteiger partial charge in [0.15, 0.2) is 0 Å². The number of aromatic nitrogens is 1. The van der Waals surface area contributed by atoms with Crippen molar-refractivity contribution in [2.24, 2.45) is 4.99 Å². The minimum absolute atomic E-state index is 0.00752. The third-order valence-electron chi connectivity index (χ3n) is 8.25. The smallest absolute Gasteiger partial charge is 0.0991 e. The van der Waals surface area contributed by atoms with E-state index in [0.717, 1.165) is 37.2 Å². The van der Waals surface area contributed by atoms with Crippen molar-refractivity contribution in [3.8, 4) is 6.07 Å². The van der Waals surface area contributed by atoms with Crippen molar-refractivity contribution in [2.45, 2.75) is 38.5 Å². The lowest BCUT2D eigenvalue weighted by Gasteiger charge is -2.37. The maximum atomic E-state index is 9.32. The summed E-state index contributed by atoms with van der Waals surface area (Å²) in [6.45, 7) is 5.54. The van der Waals surface area contributed by atoms with Gasteiger partial charge in [0.1, 0.15) is 0 Å². The number of allylic oxidation sites excluding steroid dienone is 5. The van der Waals surface area contributed by atoms with Gasteiger partial charge in [0, 0.05) is 58.1 Å². The molecule has 180 valence electrons. The van der Waals surface area contributed by atoms with Gasteiger partial charge in [-0.3, -0.25) is 4.99 Å². The third kappa shape index (κ3) is 3.17. The molecule has 2 aliphatic heterocycles. The molecule has 4 aromatic rings. The highest BCUT2D eigenvalue weighted by atomic mass is 15.2. The van der Waals surface area contributed by atoms with Crippen LogP contribution in [0.25, 0.3) is 27.5 Å². The van der Waals surface area contributed by atoms with Gasteiger partial charge in [-0.05, 0) is 78.6 Å². The molecular formula is C33H28N4. The zero-order chi connectivity index (χ0) is 25.1. The number of dihydropyridines is 1. The summed E-state index contributed by atoms with van der Waals surface area (Å²) < 4.78 is 2.50. The molecule has 0 N–H and O–H groups in total. The van der Waals surface area contributed by atoms with Crippen molar-refractivity contribution < 1.29 is 0 Å². The molecule has 0 amide bonds. The van der Waals surface area contributed by atoms with E-state index in [1.807, 2.05) is 30.5 Å². The lowest BCUT2D eigenvalue weighted by atomic mass is 9.71. The number of para-hydroxylation sites is 1. The van der Waals surface area contributed by atoms with Crippen molar-refractivity contribution in [1.82, 2.24) is 4.57 Å². The maximum absolute atomic E-state index is 9.32. The van der Waals surface area contributed by atoms with Crippen LogP contribution in [0.2, 0.25) is 0 Å². The Labute approximate surface area is 217 Å². The first-order chi connectivity index (χ1) is 18.1. The summed E-state index contributed by atoms with van der Waals surface area (Å²) in [5, 5.41) is 11.9. The Morgan fingerprint density at radius 3 is 2.59 bits per heavy atom. The van der Waals surface area contributed by atoms with Crippen molar-refractivity contribution in [3.63, 3.8) is 0 Å². The van der Waals surface area contributed by atoms with Crippen LogP contribution in [0.3, 0.4) is 0 Å². The van der Waals surface area contributed by atoms with Crippen molar-refractivity contribution in [3.05, 3.63) is 101 Å². The van der Waals surface area contributed by atoms with Crippen LogP contribution >= 0.6 is 0 Å². The second kappa shape index (κ2) is 8.08. The topological polar surface area (TPSA) is 44.3 Å². The van der Waals surface area contributed by atoms with E-state index in [4.69, 9.17) is 0 Å². The molecule has 1 aliphatic carbocycles. The Kier molecular flexibility index (Phi) is 4.78. The van der Waals surface area contributed by atoms with Crippen LogP contribution in [-0.4, -0.2) is 17.3 Å². The van der Waals surface area contributed by atoms with Crippen LogP contribution in [0.1, 0.15) is 44.2 Å². The zero-order valence-corrected chi connectivity index (χ0v) is 21.2. The molecule has 0 radical (unpaired) electrons. The molecule has 0 bridgehead atoms. The highest BCUT2D eigenvalue weighted by Crippen LogP contribution is 2.50. The molecule has 1 aromatic heterocycles. The number of rotatable bonds is 3. The Morgan fingerprint density at radius 2 is 1.81 bits per heavy atom. The molecule has 0 saturated heterocycles. The predicted octanol–water partition coefficient (Wildman–Crippen LogP) is 8.01. The van der Waals surface area contributed by atoms with E-state index in [0.29, 0.717) is 5.56 Å². The molecule has 4 heteroatoms. The van der Waals surface area contributed by atoms with Gasteiger partial charge < -0.3 is 9.47 Å². The fourth-order valence-corrected chi connectivity index (χ4v) is 6.43.